The van der Waals surface area contributed by atoms with Crippen molar-refractivity contribution in [2.45, 2.75) is 73.6 Å². The van der Waals surface area contributed by atoms with E-state index in [0.717, 1.165) is 45.2 Å². The molecule has 0 spiro atoms. The fourth-order valence-electron chi connectivity index (χ4n) is 3.81. The molecule has 1 unspecified atom stereocenters. The summed E-state index contributed by atoms with van der Waals surface area (Å²) in [5.41, 5.74) is 6.93. The lowest BCUT2D eigenvalue weighted by Gasteiger charge is -2.24. The second-order valence-electron chi connectivity index (χ2n) is 10.6. The van der Waals surface area contributed by atoms with E-state index in [-0.39, 0.29) is 5.41 Å². The van der Waals surface area contributed by atoms with Gasteiger partial charge in [0.2, 0.25) is 0 Å². The van der Waals surface area contributed by atoms with E-state index in [2.05, 4.69) is 107 Å². The van der Waals surface area contributed by atoms with Crippen LogP contribution in [0.25, 0.3) is 0 Å². The molecule has 1 rings (SSSR count). The van der Waals surface area contributed by atoms with E-state index in [9.17, 15) is 0 Å². The van der Waals surface area contributed by atoms with Gasteiger partial charge in [-0.3, -0.25) is 0 Å². The Balaban J connectivity index is 2.68. The zero-order valence-corrected chi connectivity index (χ0v) is 22.9. The van der Waals surface area contributed by atoms with Crippen LogP contribution in [-0.4, -0.2) is 25.0 Å². The van der Waals surface area contributed by atoms with Gasteiger partial charge in [-0.1, -0.05) is 92.4 Å². The Morgan fingerprint density at radius 3 is 2.56 bits per heavy atom. The van der Waals surface area contributed by atoms with Crippen molar-refractivity contribution < 1.29 is 0 Å². The third kappa shape index (κ3) is 12.0. The molecule has 0 radical (unpaired) electrons. The van der Waals surface area contributed by atoms with Crippen molar-refractivity contribution in [3.05, 3.63) is 83.8 Å². The Kier molecular flexibility index (Phi) is 13.2. The number of hydrogen-bond acceptors (Lipinski definition) is 2. The van der Waals surface area contributed by atoms with E-state index >= 15 is 0 Å². The molecule has 2 nitrogen and oxygen atoms in total. The normalized spacial score (nSPS) is 18.0. The van der Waals surface area contributed by atoms with Crippen LogP contribution in [0.15, 0.2) is 83.8 Å². The summed E-state index contributed by atoms with van der Waals surface area (Å²) in [6, 6.07) is 0. The summed E-state index contributed by atoms with van der Waals surface area (Å²) in [4.78, 5) is 2.11. The number of rotatable bonds is 11. The van der Waals surface area contributed by atoms with Crippen LogP contribution in [0.2, 0.25) is 0 Å². The van der Waals surface area contributed by atoms with E-state index in [0.29, 0.717) is 5.92 Å². The molecule has 0 saturated carbocycles. The highest BCUT2D eigenvalue weighted by molar-refractivity contribution is 5.33. The van der Waals surface area contributed by atoms with Crippen molar-refractivity contribution in [1.82, 2.24) is 10.2 Å². The molecule has 0 amide bonds. The van der Waals surface area contributed by atoms with Crippen LogP contribution in [-0.2, 0) is 0 Å². The molecule has 1 aliphatic rings. The van der Waals surface area contributed by atoms with Crippen LogP contribution in [0, 0.1) is 23.2 Å². The van der Waals surface area contributed by atoms with Crippen molar-refractivity contribution in [1.29, 1.82) is 0 Å². The Bertz CT molecular complexity index is 884. The first-order valence-electron chi connectivity index (χ1n) is 12.6. The lowest BCUT2D eigenvalue weighted by Crippen LogP contribution is -2.19. The predicted octanol–water partition coefficient (Wildman–Crippen LogP) is 8.12. The highest BCUT2D eigenvalue weighted by Crippen LogP contribution is 2.31. The van der Waals surface area contributed by atoms with Gasteiger partial charge < -0.3 is 10.2 Å². The van der Waals surface area contributed by atoms with Gasteiger partial charge in [0, 0.05) is 38.7 Å². The summed E-state index contributed by atoms with van der Waals surface area (Å²) < 4.78 is 0. The minimum atomic E-state index is 0.202. The molecule has 0 bridgehead atoms. The second-order valence-corrected chi connectivity index (χ2v) is 10.6. The van der Waals surface area contributed by atoms with E-state index in [1.165, 1.54) is 28.0 Å². The predicted molar refractivity (Wildman–Crippen MR) is 152 cm³/mol. The standard InChI is InChI=1S/C32H48N2/c1-10-28(25-34(9)11-2)22-27(5)18-14-12-17-21-31(26(3)4)33-24-29-19-15-13-16-20-30(23-29)32(6,7)8/h10-11,13,15,18-19,23,28,33H,1-2,14,16,20-22,24-25H2,3-9H3/b15-13?,27-18+,29-19+,30-23-. The first-order valence-corrected chi connectivity index (χ1v) is 12.6. The molecular weight excluding hydrogens is 412 g/mol. The van der Waals surface area contributed by atoms with Gasteiger partial charge in [-0.15, -0.1) is 6.58 Å². The van der Waals surface area contributed by atoms with Gasteiger partial charge in [-0.2, -0.15) is 0 Å². The Hall–Kier alpha value is -2.66. The van der Waals surface area contributed by atoms with Crippen LogP contribution >= 0.6 is 0 Å². The highest BCUT2D eigenvalue weighted by Gasteiger charge is 2.17. The van der Waals surface area contributed by atoms with Crippen LogP contribution in [0.1, 0.15) is 73.6 Å². The first kappa shape index (κ1) is 29.4. The van der Waals surface area contributed by atoms with Crippen molar-refractivity contribution in [2.75, 3.05) is 20.1 Å². The molecule has 1 N–H and O–H groups in total. The summed E-state index contributed by atoms with van der Waals surface area (Å²) in [7, 11) is 2.05. The van der Waals surface area contributed by atoms with E-state index < -0.39 is 0 Å². The molecule has 1 aliphatic carbocycles. The fourth-order valence-corrected chi connectivity index (χ4v) is 3.81. The van der Waals surface area contributed by atoms with E-state index in [4.69, 9.17) is 0 Å². The minimum Gasteiger partial charge on any atom is -0.384 e. The molecule has 0 aromatic rings. The molecule has 34 heavy (non-hydrogen) atoms. The summed E-state index contributed by atoms with van der Waals surface area (Å²) >= 11 is 0. The average Bonchev–Trinajstić information content (AvgIpc) is 2.74. The van der Waals surface area contributed by atoms with Gasteiger partial charge in [0.05, 0.1) is 0 Å². The van der Waals surface area contributed by atoms with Gasteiger partial charge in [0.25, 0.3) is 0 Å². The number of nitrogens with one attached hydrogen (secondary N) is 1. The minimum absolute atomic E-state index is 0.202. The highest BCUT2D eigenvalue weighted by atomic mass is 15.1. The van der Waals surface area contributed by atoms with Gasteiger partial charge >= 0.3 is 0 Å². The van der Waals surface area contributed by atoms with E-state index in [1.54, 1.807) is 0 Å². The molecule has 0 saturated heterocycles. The molecular formula is C32H48N2. The smallest absolute Gasteiger partial charge is 0.0487 e. The Morgan fingerprint density at radius 2 is 1.94 bits per heavy atom. The quantitative estimate of drug-likeness (QED) is 0.247. The lowest BCUT2D eigenvalue weighted by atomic mass is 9.82. The maximum Gasteiger partial charge on any atom is 0.0487 e. The van der Waals surface area contributed by atoms with Crippen LogP contribution < -0.4 is 5.32 Å². The molecule has 2 heteroatoms. The Labute approximate surface area is 211 Å². The van der Waals surface area contributed by atoms with E-state index in [1.807, 2.05) is 19.3 Å². The summed E-state index contributed by atoms with van der Waals surface area (Å²) in [5, 5.41) is 3.66. The average molecular weight is 461 g/mol. The monoisotopic (exact) mass is 460 g/mol. The number of hydrogen-bond donors (Lipinski definition) is 1. The van der Waals surface area contributed by atoms with Crippen LogP contribution in [0.3, 0.4) is 0 Å². The van der Waals surface area contributed by atoms with Gasteiger partial charge in [-0.05, 0) is 63.1 Å². The first-order chi connectivity index (χ1) is 16.1. The third-order valence-corrected chi connectivity index (χ3v) is 6.15. The number of nitrogens with zero attached hydrogens (tertiary/aromatic N) is 1. The van der Waals surface area contributed by atoms with Crippen LogP contribution in [0.5, 0.6) is 0 Å². The number of allylic oxidation sites excluding steroid dienone is 8. The lowest BCUT2D eigenvalue weighted by molar-refractivity contribution is 0.394. The summed E-state index contributed by atoms with van der Waals surface area (Å²) in [6.07, 6.45) is 20.0. The van der Waals surface area contributed by atoms with Gasteiger partial charge in [0.15, 0.2) is 0 Å². The van der Waals surface area contributed by atoms with Crippen molar-refractivity contribution in [3.63, 3.8) is 0 Å². The van der Waals surface area contributed by atoms with Gasteiger partial charge in [-0.25, -0.2) is 0 Å². The topological polar surface area (TPSA) is 15.3 Å². The summed E-state index contributed by atoms with van der Waals surface area (Å²) in [6.45, 7) is 23.0. The largest absolute Gasteiger partial charge is 0.384 e. The molecule has 0 heterocycles. The molecule has 0 aromatic heterocycles. The van der Waals surface area contributed by atoms with Crippen molar-refractivity contribution >= 4 is 0 Å². The molecule has 186 valence electrons. The Morgan fingerprint density at radius 1 is 1.21 bits per heavy atom. The summed E-state index contributed by atoms with van der Waals surface area (Å²) in [5.74, 6) is 7.14. The van der Waals surface area contributed by atoms with Gasteiger partial charge in [0.1, 0.15) is 0 Å². The second kappa shape index (κ2) is 15.3. The molecule has 0 fully saturated rings. The van der Waals surface area contributed by atoms with Crippen molar-refractivity contribution in [2.24, 2.45) is 11.3 Å². The molecule has 0 aromatic carbocycles. The van der Waals surface area contributed by atoms with Crippen molar-refractivity contribution in [3.8, 4) is 11.8 Å². The maximum absolute atomic E-state index is 3.98. The molecule has 0 aliphatic heterocycles. The van der Waals surface area contributed by atoms with Crippen LogP contribution in [0.4, 0.5) is 0 Å². The third-order valence-electron chi connectivity index (χ3n) is 6.15. The fraction of sp³-hybridized carbons (Fsp3) is 0.500. The maximum atomic E-state index is 3.98. The SMILES string of the molecule is C=CC(C/C(C)=C/CC#CCC(NCC1=C/C=CCC\C(C(C)(C)C)=C\1)=C(C)C)CN(C)C=C. The molecule has 1 atom stereocenters. The zero-order chi connectivity index (χ0) is 25.6. The zero-order valence-electron chi connectivity index (χ0n) is 22.9.